The van der Waals surface area contributed by atoms with E-state index in [0.29, 0.717) is 5.92 Å². The molecule has 1 N–H and O–H groups in total. The van der Waals surface area contributed by atoms with E-state index >= 15 is 0 Å². The van der Waals surface area contributed by atoms with Crippen LogP contribution in [0.2, 0.25) is 0 Å². The van der Waals surface area contributed by atoms with Gasteiger partial charge in [0.05, 0.1) is 6.42 Å². The summed E-state index contributed by atoms with van der Waals surface area (Å²) in [6, 6.07) is 0. The summed E-state index contributed by atoms with van der Waals surface area (Å²) in [4.78, 5) is 10.7. The van der Waals surface area contributed by atoms with E-state index in [1.165, 1.54) is 0 Å². The van der Waals surface area contributed by atoms with Crippen LogP contribution in [-0.4, -0.2) is 11.1 Å². The summed E-state index contributed by atoms with van der Waals surface area (Å²) in [5.41, 5.74) is 2.20. The smallest absolute Gasteiger partial charge is 0.303 e. The Hall–Kier alpha value is -1.31. The van der Waals surface area contributed by atoms with Crippen molar-refractivity contribution in [3.8, 4) is 0 Å². The molecule has 0 aromatic rings. The minimum atomic E-state index is -0.756. The average Bonchev–Trinajstić information content (AvgIpc) is 2.12. The fourth-order valence-corrected chi connectivity index (χ4v) is 2.23. The Morgan fingerprint density at radius 3 is 2.53 bits per heavy atom. The summed E-state index contributed by atoms with van der Waals surface area (Å²) >= 11 is 0. The number of carboxylic acid groups (broad SMARTS) is 1. The number of aliphatic carboxylic acids is 1. The van der Waals surface area contributed by atoms with E-state index in [-0.39, 0.29) is 12.3 Å². The predicted octanol–water partition coefficient (Wildman–Crippen LogP) is 3.18. The third-order valence-corrected chi connectivity index (χ3v) is 2.99. The van der Waals surface area contributed by atoms with Crippen LogP contribution in [0.5, 0.6) is 0 Å². The first-order chi connectivity index (χ1) is 7.04. The number of rotatable bonds is 4. The predicted molar refractivity (Wildman–Crippen MR) is 61.6 cm³/mol. The van der Waals surface area contributed by atoms with Crippen LogP contribution in [0.25, 0.3) is 0 Å². The lowest BCUT2D eigenvalue weighted by Gasteiger charge is -2.32. The molecule has 0 aliphatic heterocycles. The molecule has 0 spiro atoms. The highest BCUT2D eigenvalue weighted by atomic mass is 16.4. The molecule has 0 bridgehead atoms. The number of carboxylic acids is 1. The van der Waals surface area contributed by atoms with Crippen molar-refractivity contribution in [3.63, 3.8) is 0 Å². The Balaban J connectivity index is 2.71. The first kappa shape index (κ1) is 11.8. The monoisotopic (exact) mass is 206 g/mol. The van der Waals surface area contributed by atoms with Crippen LogP contribution in [0.15, 0.2) is 37.0 Å². The molecule has 0 saturated heterocycles. The van der Waals surface area contributed by atoms with E-state index in [2.05, 4.69) is 19.7 Å². The molecule has 2 heteroatoms. The van der Waals surface area contributed by atoms with Gasteiger partial charge < -0.3 is 5.11 Å². The zero-order chi connectivity index (χ0) is 11.4. The highest BCUT2D eigenvalue weighted by Crippen LogP contribution is 2.39. The lowest BCUT2D eigenvalue weighted by atomic mass is 9.73. The minimum Gasteiger partial charge on any atom is -0.481 e. The second kappa shape index (κ2) is 4.96. The van der Waals surface area contributed by atoms with E-state index < -0.39 is 5.97 Å². The average molecular weight is 206 g/mol. The molecule has 82 valence electrons. The molecule has 0 heterocycles. The summed E-state index contributed by atoms with van der Waals surface area (Å²) in [6.07, 6.45) is 4.62. The Bertz CT molecular complexity index is 300. The molecule has 2 atom stereocenters. The van der Waals surface area contributed by atoms with E-state index in [1.54, 1.807) is 0 Å². The van der Waals surface area contributed by atoms with Crippen LogP contribution < -0.4 is 0 Å². The van der Waals surface area contributed by atoms with E-state index in [0.717, 1.165) is 30.4 Å². The standard InChI is InChI=1S/C13H18O2/c1-4-5-11-6-9(2)7-12(10(11)3)8-13(14)15/h4,11-12H,1-3,5-8H2,(H,14,15)/t11?,12-/m0/s1. The molecule has 0 aromatic carbocycles. The molecule has 1 unspecified atom stereocenters. The van der Waals surface area contributed by atoms with Gasteiger partial charge in [-0.3, -0.25) is 4.79 Å². The van der Waals surface area contributed by atoms with Crippen molar-refractivity contribution >= 4 is 5.97 Å². The zero-order valence-electron chi connectivity index (χ0n) is 9.04. The maximum Gasteiger partial charge on any atom is 0.303 e. The lowest BCUT2D eigenvalue weighted by Crippen LogP contribution is -2.22. The maximum atomic E-state index is 10.7. The molecule has 0 radical (unpaired) electrons. The maximum absolute atomic E-state index is 10.7. The van der Waals surface area contributed by atoms with Gasteiger partial charge in [-0.15, -0.1) is 6.58 Å². The molecular formula is C13H18O2. The van der Waals surface area contributed by atoms with E-state index in [1.807, 2.05) is 6.08 Å². The topological polar surface area (TPSA) is 37.3 Å². The van der Waals surface area contributed by atoms with Crippen LogP contribution in [0.4, 0.5) is 0 Å². The molecule has 1 aliphatic rings. The first-order valence-corrected chi connectivity index (χ1v) is 5.22. The first-order valence-electron chi connectivity index (χ1n) is 5.22. The Kier molecular flexibility index (Phi) is 3.89. The molecule has 1 aliphatic carbocycles. The van der Waals surface area contributed by atoms with Crippen LogP contribution in [0.3, 0.4) is 0 Å². The van der Waals surface area contributed by atoms with Gasteiger partial charge in [-0.1, -0.05) is 30.4 Å². The van der Waals surface area contributed by atoms with Gasteiger partial charge in [0, 0.05) is 0 Å². The number of carbonyl (C=O) groups is 1. The fourth-order valence-electron chi connectivity index (χ4n) is 2.23. The van der Waals surface area contributed by atoms with Crippen molar-refractivity contribution in [1.29, 1.82) is 0 Å². The molecule has 0 aromatic heterocycles. The van der Waals surface area contributed by atoms with Gasteiger partial charge in [-0.25, -0.2) is 0 Å². The molecule has 1 fully saturated rings. The number of hydrogen-bond donors (Lipinski definition) is 1. The van der Waals surface area contributed by atoms with Gasteiger partial charge >= 0.3 is 5.97 Å². The second-order valence-electron chi connectivity index (χ2n) is 4.25. The van der Waals surface area contributed by atoms with Gasteiger partial charge in [-0.05, 0) is 31.1 Å². The summed E-state index contributed by atoms with van der Waals surface area (Å²) in [7, 11) is 0. The summed E-state index contributed by atoms with van der Waals surface area (Å²) < 4.78 is 0. The van der Waals surface area contributed by atoms with Crippen LogP contribution in [0.1, 0.15) is 25.7 Å². The van der Waals surface area contributed by atoms with Gasteiger partial charge in [0.1, 0.15) is 0 Å². The van der Waals surface area contributed by atoms with Crippen molar-refractivity contribution in [1.82, 2.24) is 0 Å². The summed E-state index contributed by atoms with van der Waals surface area (Å²) in [5, 5.41) is 8.79. The number of hydrogen-bond acceptors (Lipinski definition) is 1. The molecule has 15 heavy (non-hydrogen) atoms. The van der Waals surface area contributed by atoms with Crippen LogP contribution in [-0.2, 0) is 4.79 Å². The highest BCUT2D eigenvalue weighted by Gasteiger charge is 2.28. The second-order valence-corrected chi connectivity index (χ2v) is 4.25. The Morgan fingerprint density at radius 2 is 2.00 bits per heavy atom. The van der Waals surface area contributed by atoms with Gasteiger partial charge in [0.25, 0.3) is 0 Å². The summed E-state index contributed by atoms with van der Waals surface area (Å²) in [6.45, 7) is 11.7. The summed E-state index contributed by atoms with van der Waals surface area (Å²) in [5.74, 6) is -0.352. The van der Waals surface area contributed by atoms with E-state index in [9.17, 15) is 4.79 Å². The van der Waals surface area contributed by atoms with Gasteiger partial charge in [-0.2, -0.15) is 0 Å². The van der Waals surface area contributed by atoms with Crippen LogP contribution in [0, 0.1) is 11.8 Å². The van der Waals surface area contributed by atoms with Crippen molar-refractivity contribution in [2.24, 2.45) is 11.8 Å². The van der Waals surface area contributed by atoms with Crippen molar-refractivity contribution in [2.75, 3.05) is 0 Å². The largest absolute Gasteiger partial charge is 0.481 e. The lowest BCUT2D eigenvalue weighted by molar-refractivity contribution is -0.137. The Morgan fingerprint density at radius 1 is 1.40 bits per heavy atom. The highest BCUT2D eigenvalue weighted by molar-refractivity contribution is 5.67. The normalized spacial score (nSPS) is 26.4. The van der Waals surface area contributed by atoms with Crippen molar-refractivity contribution in [2.45, 2.75) is 25.7 Å². The fraction of sp³-hybridized carbons (Fsp3) is 0.462. The third kappa shape index (κ3) is 3.08. The quantitative estimate of drug-likeness (QED) is 0.717. The third-order valence-electron chi connectivity index (χ3n) is 2.99. The molecular weight excluding hydrogens is 188 g/mol. The molecule has 0 amide bonds. The van der Waals surface area contributed by atoms with Gasteiger partial charge in [0.2, 0.25) is 0 Å². The Labute approximate surface area is 91.0 Å². The zero-order valence-corrected chi connectivity index (χ0v) is 9.04. The van der Waals surface area contributed by atoms with Crippen molar-refractivity contribution in [3.05, 3.63) is 37.0 Å². The van der Waals surface area contributed by atoms with Gasteiger partial charge in [0.15, 0.2) is 0 Å². The SMILES string of the molecule is C=CCC1CC(=C)C[C@@H](CC(=O)O)C1=C. The molecule has 1 saturated carbocycles. The van der Waals surface area contributed by atoms with Crippen LogP contribution >= 0.6 is 0 Å². The molecule has 2 nitrogen and oxygen atoms in total. The minimum absolute atomic E-state index is 0.0636. The van der Waals surface area contributed by atoms with E-state index in [4.69, 9.17) is 5.11 Å². The molecule has 1 rings (SSSR count). The number of allylic oxidation sites excluding steroid dienone is 3. The van der Waals surface area contributed by atoms with Crippen molar-refractivity contribution < 1.29 is 9.90 Å².